The summed E-state index contributed by atoms with van der Waals surface area (Å²) in [6.45, 7) is 0. The fraction of sp³-hybridized carbons (Fsp3) is 0.500. The molecule has 0 aliphatic heterocycles. The number of non-ortho nitro benzene ring substituents is 1. The van der Waals surface area contributed by atoms with E-state index < -0.39 is 76.5 Å². The van der Waals surface area contributed by atoms with Gasteiger partial charge in [-0.05, 0) is 12.1 Å². The average Bonchev–Trinajstić information content (AvgIpc) is 2.64. The van der Waals surface area contributed by atoms with Gasteiger partial charge in [0.15, 0.2) is 0 Å². The third-order valence-corrected chi connectivity index (χ3v) is 6.03. The van der Waals surface area contributed by atoms with Crippen molar-refractivity contribution >= 4 is 29.2 Å². The molecule has 0 saturated heterocycles. The second-order valence-corrected chi connectivity index (χ2v) is 10.1. The van der Waals surface area contributed by atoms with Gasteiger partial charge in [0.1, 0.15) is 42.4 Å². The number of benzene rings is 1. The molecule has 188 valence electrons. The fourth-order valence-corrected chi connectivity index (χ4v) is 4.88. The van der Waals surface area contributed by atoms with E-state index in [-0.39, 0.29) is 29.6 Å². The van der Waals surface area contributed by atoms with Gasteiger partial charge in [-0.15, -0.1) is 0 Å². The van der Waals surface area contributed by atoms with Gasteiger partial charge < -0.3 is 48.8 Å². The van der Waals surface area contributed by atoms with E-state index in [0.717, 1.165) is 24.3 Å². The maximum atomic E-state index is 12.2. The van der Waals surface area contributed by atoms with E-state index in [0.29, 0.717) is 0 Å². The second kappa shape index (κ2) is 11.8. The fourth-order valence-electron chi connectivity index (χ4n) is 2.78. The van der Waals surface area contributed by atoms with Crippen LogP contribution in [0.15, 0.2) is 24.3 Å². The first-order valence-electron chi connectivity index (χ1n) is 8.36. The van der Waals surface area contributed by atoms with Crippen molar-refractivity contribution in [1.82, 2.24) is 0 Å². The minimum absolute atomic E-state index is 0. The van der Waals surface area contributed by atoms with E-state index in [9.17, 15) is 44.0 Å². The molecule has 1 aromatic rings. The zero-order chi connectivity index (χ0) is 25.4. The summed E-state index contributed by atoms with van der Waals surface area (Å²) < 4.78 is 51.8. The number of aliphatic hydroxyl groups is 3. The van der Waals surface area contributed by atoms with Crippen molar-refractivity contribution in [1.29, 1.82) is 0 Å². The van der Waals surface area contributed by atoms with Crippen LogP contribution in [-0.4, -0.2) is 76.4 Å². The molecule has 1 aromatic carbocycles. The van der Waals surface area contributed by atoms with Crippen LogP contribution in [-0.2, 0) is 27.3 Å². The van der Waals surface area contributed by atoms with Crippen molar-refractivity contribution in [3.63, 3.8) is 0 Å². The number of nitro groups is 1. The second-order valence-electron chi connectivity index (χ2n) is 6.45. The van der Waals surface area contributed by atoms with E-state index in [2.05, 4.69) is 18.1 Å². The number of phosphoric ester groups is 3. The average molecular weight is 563 g/mol. The molecule has 0 bridgehead atoms. The summed E-state index contributed by atoms with van der Waals surface area (Å²) in [5, 5.41) is 41.1. The standard InChI is InChI=1S/C12H18NO17P3.Na/c14-7-8(15)11(28-31(19,20)21)12(29-32(22,23)24)9(16)10(7)30-33(25,26)27-6-3-1-5(2-4-6)13(17)18;/h1-4,7-12,14-16H,(H,25,26)(H2,19,20,21)(H2,22,23,24);/q;+1/p-1/t7-,8+,9+,10-,11-,12-;/m1./s1. The van der Waals surface area contributed by atoms with Gasteiger partial charge in [-0.2, -0.15) is 0 Å². The molecule has 34 heavy (non-hydrogen) atoms. The Kier molecular flexibility index (Phi) is 11.0. The Morgan fingerprint density at radius 1 is 0.765 bits per heavy atom. The van der Waals surface area contributed by atoms with Gasteiger partial charge >= 0.3 is 53.0 Å². The van der Waals surface area contributed by atoms with E-state index in [4.69, 9.17) is 19.6 Å². The number of hydrogen-bond donors (Lipinski definition) is 7. The van der Waals surface area contributed by atoms with Crippen molar-refractivity contribution in [3.8, 4) is 5.75 Å². The summed E-state index contributed by atoms with van der Waals surface area (Å²) in [5.41, 5.74) is -0.418. The number of hydrogen-bond acceptors (Lipinski definition) is 13. The topological polar surface area (TPSA) is 296 Å². The summed E-state index contributed by atoms with van der Waals surface area (Å²) in [6.07, 6.45) is -14.9. The van der Waals surface area contributed by atoms with Gasteiger partial charge in [0.2, 0.25) is 0 Å². The quantitative estimate of drug-likeness (QED) is 0.0639. The van der Waals surface area contributed by atoms with Crippen LogP contribution >= 0.6 is 23.5 Å². The molecule has 22 heteroatoms. The maximum absolute atomic E-state index is 12.2. The van der Waals surface area contributed by atoms with Crippen molar-refractivity contribution < 1.29 is 106 Å². The van der Waals surface area contributed by atoms with Gasteiger partial charge in [-0.3, -0.25) is 23.7 Å². The predicted octanol–water partition coefficient (Wildman–Crippen LogP) is -5.12. The SMILES string of the molecule is O=[N+]([O-])c1ccc(OP(=O)([O-])O[C@@H]2[C@H](O)[C@H](O)[C@@H](OP(=O)(O)O)[C@H](OP(=O)(O)O)[C@H]2O)cc1.[Na+]. The minimum atomic E-state index is -5.56. The van der Waals surface area contributed by atoms with Crippen molar-refractivity contribution in [2.24, 2.45) is 0 Å². The summed E-state index contributed by atoms with van der Waals surface area (Å²) >= 11 is 0. The van der Waals surface area contributed by atoms with Crippen LogP contribution in [0, 0.1) is 10.1 Å². The molecule has 1 fully saturated rings. The molecule has 0 aromatic heterocycles. The first-order valence-corrected chi connectivity index (χ1v) is 12.9. The summed E-state index contributed by atoms with van der Waals surface area (Å²) in [6, 6.07) is 3.46. The molecule has 1 aliphatic carbocycles. The summed E-state index contributed by atoms with van der Waals surface area (Å²) in [4.78, 5) is 57.8. The van der Waals surface area contributed by atoms with Crippen molar-refractivity contribution in [2.45, 2.75) is 36.6 Å². The van der Waals surface area contributed by atoms with Crippen LogP contribution in [0.2, 0.25) is 0 Å². The van der Waals surface area contributed by atoms with Gasteiger partial charge in [0.25, 0.3) is 5.69 Å². The largest absolute Gasteiger partial charge is 1.00 e. The molecule has 7 atom stereocenters. The predicted molar refractivity (Wildman–Crippen MR) is 98.1 cm³/mol. The van der Waals surface area contributed by atoms with Crippen LogP contribution in [0.3, 0.4) is 0 Å². The normalized spacial score (nSPS) is 29.5. The van der Waals surface area contributed by atoms with Crippen molar-refractivity contribution in [3.05, 3.63) is 34.4 Å². The molecule has 0 radical (unpaired) electrons. The Morgan fingerprint density at radius 3 is 1.59 bits per heavy atom. The molecule has 0 heterocycles. The van der Waals surface area contributed by atoms with E-state index in [1.165, 1.54) is 0 Å². The smallest absolute Gasteiger partial charge is 0.746 e. The molecule has 1 unspecified atom stereocenters. The van der Waals surface area contributed by atoms with E-state index in [1.54, 1.807) is 0 Å². The van der Waals surface area contributed by atoms with Gasteiger partial charge in [0.05, 0.1) is 4.92 Å². The monoisotopic (exact) mass is 563 g/mol. The Morgan fingerprint density at radius 2 is 1.18 bits per heavy atom. The number of nitro benzene ring substituents is 1. The molecule has 2 rings (SSSR count). The third-order valence-electron chi connectivity index (χ3n) is 4.05. The molecule has 1 aliphatic rings. The van der Waals surface area contributed by atoms with Crippen molar-refractivity contribution in [2.75, 3.05) is 0 Å². The molecular weight excluding hydrogens is 546 g/mol. The minimum Gasteiger partial charge on any atom is -0.746 e. The van der Waals surface area contributed by atoms with Crippen LogP contribution in [0.1, 0.15) is 0 Å². The molecule has 7 N–H and O–H groups in total. The first kappa shape index (κ1) is 31.7. The van der Waals surface area contributed by atoms with Crippen LogP contribution in [0.25, 0.3) is 0 Å². The van der Waals surface area contributed by atoms with Gasteiger partial charge in [-0.1, -0.05) is 0 Å². The number of rotatable bonds is 9. The molecule has 0 spiro atoms. The van der Waals surface area contributed by atoms with Crippen LogP contribution < -0.4 is 39.0 Å². The van der Waals surface area contributed by atoms with Gasteiger partial charge in [0, 0.05) is 12.1 Å². The molecule has 0 amide bonds. The Bertz CT molecular complexity index is 996. The van der Waals surface area contributed by atoms with Crippen LogP contribution in [0.5, 0.6) is 5.75 Å². The molecular formula is C12H17NNaO17P3. The molecule has 18 nitrogen and oxygen atoms in total. The number of nitrogens with zero attached hydrogens (tertiary/aromatic N) is 1. The first-order chi connectivity index (χ1) is 14.9. The van der Waals surface area contributed by atoms with E-state index in [1.807, 2.05) is 0 Å². The van der Waals surface area contributed by atoms with Gasteiger partial charge in [-0.25, -0.2) is 9.13 Å². The summed E-state index contributed by atoms with van der Waals surface area (Å²) in [7, 11) is -16.6. The zero-order valence-corrected chi connectivity index (χ0v) is 21.5. The summed E-state index contributed by atoms with van der Waals surface area (Å²) in [5.74, 6) is -0.509. The van der Waals surface area contributed by atoms with E-state index >= 15 is 0 Å². The third kappa shape index (κ3) is 8.96. The Balaban J connectivity index is 0.00000578. The van der Waals surface area contributed by atoms with Crippen LogP contribution in [0.4, 0.5) is 5.69 Å². The number of aliphatic hydroxyl groups excluding tert-OH is 3. The maximum Gasteiger partial charge on any atom is 1.00 e. The molecule has 1 saturated carbocycles. The Labute approximate surface area is 211 Å². The Hall–Kier alpha value is -0.330. The zero-order valence-electron chi connectivity index (χ0n) is 16.8. The number of phosphoric acid groups is 3.